The van der Waals surface area contributed by atoms with Gasteiger partial charge >= 0.3 is 5.97 Å². The molecule has 0 saturated heterocycles. The third-order valence-corrected chi connectivity index (χ3v) is 2.80. The van der Waals surface area contributed by atoms with Crippen LogP contribution in [0.5, 0.6) is 0 Å². The summed E-state index contributed by atoms with van der Waals surface area (Å²) >= 11 is 0. The first-order valence-electron chi connectivity index (χ1n) is 6.25. The molecule has 0 aromatic heterocycles. The molecule has 1 rings (SSSR count). The van der Waals surface area contributed by atoms with Gasteiger partial charge in [0, 0.05) is 6.61 Å². The van der Waals surface area contributed by atoms with Crippen LogP contribution in [-0.2, 0) is 14.3 Å². The molecule has 1 atom stereocenters. The number of rotatable bonds is 9. The molecule has 1 unspecified atom stereocenters. The number of unbranched alkanes of at least 4 members (excludes halogenated alkanes) is 2. The second-order valence-corrected chi connectivity index (χ2v) is 4.48. The average molecular weight is 243 g/mol. The van der Waals surface area contributed by atoms with Crippen molar-refractivity contribution in [1.82, 2.24) is 5.32 Å². The summed E-state index contributed by atoms with van der Waals surface area (Å²) < 4.78 is 5.17. The van der Waals surface area contributed by atoms with E-state index in [1.807, 2.05) is 0 Å². The topological polar surface area (TPSA) is 75.6 Å². The Morgan fingerprint density at radius 2 is 2.12 bits per heavy atom. The SMILES string of the molecule is CCCCCOCC(=O)NC(C(=O)O)C1CC1. The van der Waals surface area contributed by atoms with Gasteiger partial charge in [-0.25, -0.2) is 4.79 Å². The molecule has 1 saturated carbocycles. The maximum Gasteiger partial charge on any atom is 0.326 e. The summed E-state index contributed by atoms with van der Waals surface area (Å²) in [6, 6.07) is -0.734. The minimum Gasteiger partial charge on any atom is -0.480 e. The monoisotopic (exact) mass is 243 g/mol. The Morgan fingerprint density at radius 1 is 1.41 bits per heavy atom. The number of amides is 1. The lowest BCUT2D eigenvalue weighted by Crippen LogP contribution is -2.43. The summed E-state index contributed by atoms with van der Waals surface area (Å²) in [5, 5.41) is 11.4. The van der Waals surface area contributed by atoms with Crippen molar-refractivity contribution in [2.45, 2.75) is 45.1 Å². The van der Waals surface area contributed by atoms with E-state index in [0.717, 1.165) is 32.1 Å². The van der Waals surface area contributed by atoms with Crippen molar-refractivity contribution < 1.29 is 19.4 Å². The largest absolute Gasteiger partial charge is 0.480 e. The lowest BCUT2D eigenvalue weighted by molar-refractivity contribution is -0.143. The van der Waals surface area contributed by atoms with Crippen LogP contribution < -0.4 is 5.32 Å². The van der Waals surface area contributed by atoms with Crippen molar-refractivity contribution in [2.75, 3.05) is 13.2 Å². The zero-order valence-corrected chi connectivity index (χ0v) is 10.3. The first-order chi connectivity index (χ1) is 8.15. The number of carboxylic acids is 1. The van der Waals surface area contributed by atoms with Crippen molar-refractivity contribution >= 4 is 11.9 Å². The second kappa shape index (κ2) is 7.27. The van der Waals surface area contributed by atoms with Crippen molar-refractivity contribution in [2.24, 2.45) is 5.92 Å². The molecule has 0 bridgehead atoms. The van der Waals surface area contributed by atoms with Gasteiger partial charge in [0.25, 0.3) is 0 Å². The first-order valence-corrected chi connectivity index (χ1v) is 6.25. The van der Waals surface area contributed by atoms with E-state index in [2.05, 4.69) is 12.2 Å². The highest BCUT2D eigenvalue weighted by molar-refractivity contribution is 5.84. The fourth-order valence-corrected chi connectivity index (χ4v) is 1.64. The molecule has 1 amide bonds. The lowest BCUT2D eigenvalue weighted by Gasteiger charge is -2.13. The van der Waals surface area contributed by atoms with E-state index in [1.165, 1.54) is 0 Å². The smallest absolute Gasteiger partial charge is 0.326 e. The van der Waals surface area contributed by atoms with Gasteiger partial charge in [0.2, 0.25) is 5.91 Å². The molecule has 0 aromatic rings. The fourth-order valence-electron chi connectivity index (χ4n) is 1.64. The molecule has 2 N–H and O–H groups in total. The predicted molar refractivity (Wildman–Crippen MR) is 62.6 cm³/mol. The summed E-state index contributed by atoms with van der Waals surface area (Å²) in [4.78, 5) is 22.3. The molecule has 1 aliphatic rings. The third-order valence-electron chi connectivity index (χ3n) is 2.80. The van der Waals surface area contributed by atoms with Crippen LogP contribution in [0.15, 0.2) is 0 Å². The Hall–Kier alpha value is -1.10. The lowest BCUT2D eigenvalue weighted by atomic mass is 10.2. The van der Waals surface area contributed by atoms with E-state index in [4.69, 9.17) is 9.84 Å². The molecule has 0 aromatic carbocycles. The molecule has 5 nitrogen and oxygen atoms in total. The number of hydrogen-bond acceptors (Lipinski definition) is 3. The number of carboxylic acid groups (broad SMARTS) is 1. The minimum atomic E-state index is -0.952. The van der Waals surface area contributed by atoms with Crippen LogP contribution in [0.2, 0.25) is 0 Å². The number of ether oxygens (including phenoxy) is 1. The minimum absolute atomic E-state index is 0.0415. The van der Waals surface area contributed by atoms with Crippen molar-refractivity contribution in [3.8, 4) is 0 Å². The van der Waals surface area contributed by atoms with Gasteiger partial charge in [-0.2, -0.15) is 0 Å². The van der Waals surface area contributed by atoms with E-state index >= 15 is 0 Å². The Balaban J connectivity index is 2.12. The second-order valence-electron chi connectivity index (χ2n) is 4.48. The summed E-state index contributed by atoms with van der Waals surface area (Å²) in [6.45, 7) is 2.61. The summed E-state index contributed by atoms with van der Waals surface area (Å²) in [7, 11) is 0. The maximum atomic E-state index is 11.4. The van der Waals surface area contributed by atoms with Crippen molar-refractivity contribution in [3.05, 3.63) is 0 Å². The van der Waals surface area contributed by atoms with E-state index in [1.54, 1.807) is 0 Å². The van der Waals surface area contributed by atoms with Crippen molar-refractivity contribution in [3.63, 3.8) is 0 Å². The van der Waals surface area contributed by atoms with Gasteiger partial charge in [-0.05, 0) is 25.2 Å². The highest BCUT2D eigenvalue weighted by Gasteiger charge is 2.37. The molecule has 1 fully saturated rings. The normalized spacial score (nSPS) is 16.5. The first kappa shape index (κ1) is 14.0. The van der Waals surface area contributed by atoms with Crippen LogP contribution in [0.4, 0.5) is 0 Å². The summed E-state index contributed by atoms with van der Waals surface area (Å²) in [5.74, 6) is -1.18. The van der Waals surface area contributed by atoms with E-state index in [0.29, 0.717) is 6.61 Å². The summed E-state index contributed by atoms with van der Waals surface area (Å²) in [5.41, 5.74) is 0. The Bertz CT molecular complexity index is 263. The molecular formula is C12H21NO4. The van der Waals surface area contributed by atoms with Gasteiger partial charge in [-0.15, -0.1) is 0 Å². The maximum absolute atomic E-state index is 11.4. The zero-order chi connectivity index (χ0) is 12.7. The molecule has 0 spiro atoms. The van der Waals surface area contributed by atoms with Gasteiger partial charge in [0.1, 0.15) is 12.6 Å². The molecule has 0 aliphatic heterocycles. The number of nitrogens with one attached hydrogen (secondary N) is 1. The molecule has 0 radical (unpaired) electrons. The predicted octanol–water partition coefficient (Wildman–Crippen LogP) is 1.17. The molecule has 98 valence electrons. The van der Waals surface area contributed by atoms with E-state index in [-0.39, 0.29) is 18.4 Å². The van der Waals surface area contributed by atoms with Gasteiger partial charge in [0.15, 0.2) is 0 Å². The molecule has 1 aliphatic carbocycles. The number of carbonyl (C=O) groups is 2. The van der Waals surface area contributed by atoms with Gasteiger partial charge in [-0.3, -0.25) is 4.79 Å². The van der Waals surface area contributed by atoms with E-state index in [9.17, 15) is 9.59 Å². The Kier molecular flexibility index (Phi) is 5.97. The average Bonchev–Trinajstić information content (AvgIpc) is 3.09. The number of carbonyl (C=O) groups excluding carboxylic acids is 1. The van der Waals surface area contributed by atoms with Crippen molar-refractivity contribution in [1.29, 1.82) is 0 Å². The highest BCUT2D eigenvalue weighted by atomic mass is 16.5. The molecule has 5 heteroatoms. The third kappa shape index (κ3) is 5.68. The molecule has 0 heterocycles. The number of aliphatic carboxylic acids is 1. The quantitative estimate of drug-likeness (QED) is 0.596. The summed E-state index contributed by atoms with van der Waals surface area (Å²) in [6.07, 6.45) is 4.90. The number of hydrogen-bond donors (Lipinski definition) is 2. The van der Waals surface area contributed by atoms with Crippen LogP contribution >= 0.6 is 0 Å². The fraction of sp³-hybridized carbons (Fsp3) is 0.833. The van der Waals surface area contributed by atoms with Gasteiger partial charge < -0.3 is 15.2 Å². The molecule has 17 heavy (non-hydrogen) atoms. The Morgan fingerprint density at radius 3 is 2.65 bits per heavy atom. The van der Waals surface area contributed by atoms with E-state index < -0.39 is 12.0 Å². The van der Waals surface area contributed by atoms with Crippen LogP contribution in [0.1, 0.15) is 39.0 Å². The standard InChI is InChI=1S/C12H21NO4/c1-2-3-4-7-17-8-10(14)13-11(12(15)16)9-5-6-9/h9,11H,2-8H2,1H3,(H,13,14)(H,15,16). The van der Waals surface area contributed by atoms with Gasteiger partial charge in [-0.1, -0.05) is 19.8 Å². The van der Waals surface area contributed by atoms with Crippen LogP contribution in [-0.4, -0.2) is 36.2 Å². The van der Waals surface area contributed by atoms with Gasteiger partial charge in [0.05, 0.1) is 0 Å². The van der Waals surface area contributed by atoms with Crippen LogP contribution in [0.3, 0.4) is 0 Å². The Labute approximate surface area is 102 Å². The van der Waals surface area contributed by atoms with Crippen LogP contribution in [0.25, 0.3) is 0 Å². The molecular weight excluding hydrogens is 222 g/mol. The highest BCUT2D eigenvalue weighted by Crippen LogP contribution is 2.32. The van der Waals surface area contributed by atoms with Crippen LogP contribution in [0, 0.1) is 5.92 Å². The zero-order valence-electron chi connectivity index (χ0n) is 10.3.